The fourth-order valence-electron chi connectivity index (χ4n) is 2.90. The van der Waals surface area contributed by atoms with Gasteiger partial charge < -0.3 is 5.73 Å². The van der Waals surface area contributed by atoms with Crippen LogP contribution >= 0.6 is 0 Å². The fourth-order valence-corrected chi connectivity index (χ4v) is 2.90. The molecule has 0 aromatic heterocycles. The molecular formula is C13H23N. The Morgan fingerprint density at radius 3 is 2.79 bits per heavy atom. The van der Waals surface area contributed by atoms with Crippen molar-refractivity contribution in [3.8, 4) is 0 Å². The predicted molar refractivity (Wildman–Crippen MR) is 62.8 cm³/mol. The van der Waals surface area contributed by atoms with E-state index in [0.29, 0.717) is 5.41 Å². The number of hydrogen-bond acceptors (Lipinski definition) is 1. The molecule has 0 aromatic rings. The molecule has 0 aromatic carbocycles. The van der Waals surface area contributed by atoms with Crippen molar-refractivity contribution in [2.75, 3.05) is 0 Å². The fraction of sp³-hybridized carbons (Fsp3) is 0.692. The summed E-state index contributed by atoms with van der Waals surface area (Å²) in [5, 5.41) is 0. The van der Waals surface area contributed by atoms with E-state index >= 15 is 0 Å². The van der Waals surface area contributed by atoms with E-state index in [-0.39, 0.29) is 0 Å². The summed E-state index contributed by atoms with van der Waals surface area (Å²) in [5.41, 5.74) is 8.25. The first kappa shape index (κ1) is 11.4. The Bertz CT molecular complexity index is 238. The molecule has 1 aliphatic carbocycles. The van der Waals surface area contributed by atoms with Crippen molar-refractivity contribution >= 4 is 0 Å². The van der Waals surface area contributed by atoms with E-state index in [1.54, 1.807) is 0 Å². The zero-order chi connectivity index (χ0) is 10.8. The molecule has 1 nitrogen and oxygen atoms in total. The minimum absolute atomic E-state index is 0.321. The third kappa shape index (κ3) is 2.90. The second-order valence-corrected chi connectivity index (χ2v) is 5.25. The lowest BCUT2D eigenvalue weighted by atomic mass is 9.66. The zero-order valence-electron chi connectivity index (χ0n) is 9.60. The molecule has 0 saturated heterocycles. The number of nitrogens with two attached hydrogens (primary N) is 1. The lowest BCUT2D eigenvalue weighted by Crippen LogP contribution is -2.28. The molecule has 0 amide bonds. The van der Waals surface area contributed by atoms with Gasteiger partial charge in [0.1, 0.15) is 0 Å². The summed E-state index contributed by atoms with van der Waals surface area (Å²) in [7, 11) is 0. The van der Waals surface area contributed by atoms with Crippen molar-refractivity contribution in [1.29, 1.82) is 0 Å². The Hall–Kier alpha value is -0.720. The molecule has 0 spiro atoms. The summed E-state index contributed by atoms with van der Waals surface area (Å²) in [4.78, 5) is 0. The van der Waals surface area contributed by atoms with Crippen LogP contribution in [0.15, 0.2) is 24.4 Å². The maximum Gasteiger partial charge on any atom is 0.00130 e. The van der Waals surface area contributed by atoms with Gasteiger partial charge in [0.05, 0.1) is 0 Å². The van der Waals surface area contributed by atoms with Crippen LogP contribution in [-0.2, 0) is 0 Å². The highest BCUT2D eigenvalue weighted by Gasteiger charge is 2.33. The van der Waals surface area contributed by atoms with Crippen LogP contribution in [-0.4, -0.2) is 0 Å². The third-order valence-electron chi connectivity index (χ3n) is 3.27. The Balaban J connectivity index is 2.67. The van der Waals surface area contributed by atoms with E-state index in [1.807, 2.05) is 0 Å². The van der Waals surface area contributed by atoms with Gasteiger partial charge in [0, 0.05) is 5.70 Å². The standard InChI is InChI=1S/C13H23N/c1-5-12-6-10(2)7-13(4,9-12)8-11(3)14/h12H,2-3,5-9,14H2,1,4H3. The smallest absolute Gasteiger partial charge is 0.00130 e. The predicted octanol–water partition coefficient (Wildman–Crippen LogP) is 3.62. The highest BCUT2D eigenvalue weighted by molar-refractivity contribution is 5.08. The number of allylic oxidation sites excluding steroid dienone is 2. The molecule has 0 aliphatic heterocycles. The summed E-state index contributed by atoms with van der Waals surface area (Å²) in [6.45, 7) is 12.5. The molecule has 2 unspecified atom stereocenters. The van der Waals surface area contributed by atoms with Crippen molar-refractivity contribution in [2.45, 2.75) is 46.0 Å². The lowest BCUT2D eigenvalue weighted by molar-refractivity contribution is 0.193. The number of hydrogen-bond donors (Lipinski definition) is 1. The minimum Gasteiger partial charge on any atom is -0.402 e. The lowest BCUT2D eigenvalue weighted by Gasteiger charge is -2.39. The van der Waals surface area contributed by atoms with Gasteiger partial charge in [-0.3, -0.25) is 0 Å². The Morgan fingerprint density at radius 1 is 1.64 bits per heavy atom. The first-order valence-electron chi connectivity index (χ1n) is 5.55. The van der Waals surface area contributed by atoms with Crippen molar-refractivity contribution in [3.63, 3.8) is 0 Å². The summed E-state index contributed by atoms with van der Waals surface area (Å²) in [6, 6.07) is 0. The van der Waals surface area contributed by atoms with Crippen molar-refractivity contribution in [3.05, 3.63) is 24.4 Å². The molecule has 80 valence electrons. The highest BCUT2D eigenvalue weighted by atomic mass is 14.6. The number of rotatable bonds is 3. The van der Waals surface area contributed by atoms with Gasteiger partial charge in [-0.25, -0.2) is 0 Å². The molecule has 0 bridgehead atoms. The molecular weight excluding hydrogens is 170 g/mol. The van der Waals surface area contributed by atoms with Gasteiger partial charge in [0.15, 0.2) is 0 Å². The quantitative estimate of drug-likeness (QED) is 0.681. The largest absolute Gasteiger partial charge is 0.402 e. The van der Waals surface area contributed by atoms with Crippen LogP contribution in [0.3, 0.4) is 0 Å². The Labute approximate surface area is 88.1 Å². The van der Waals surface area contributed by atoms with E-state index in [1.165, 1.54) is 24.8 Å². The second kappa shape index (κ2) is 4.20. The van der Waals surface area contributed by atoms with Crippen LogP contribution in [0.25, 0.3) is 0 Å². The van der Waals surface area contributed by atoms with E-state index in [2.05, 4.69) is 27.0 Å². The Morgan fingerprint density at radius 2 is 2.29 bits per heavy atom. The van der Waals surface area contributed by atoms with Crippen LogP contribution in [0, 0.1) is 11.3 Å². The molecule has 0 radical (unpaired) electrons. The van der Waals surface area contributed by atoms with Crippen molar-refractivity contribution < 1.29 is 0 Å². The van der Waals surface area contributed by atoms with E-state index in [9.17, 15) is 0 Å². The second-order valence-electron chi connectivity index (χ2n) is 5.25. The molecule has 14 heavy (non-hydrogen) atoms. The molecule has 0 heterocycles. The molecule has 2 atom stereocenters. The van der Waals surface area contributed by atoms with E-state index in [0.717, 1.165) is 24.5 Å². The molecule has 1 heteroatoms. The average Bonchev–Trinajstić information content (AvgIpc) is 1.99. The van der Waals surface area contributed by atoms with Gasteiger partial charge >= 0.3 is 0 Å². The minimum atomic E-state index is 0.321. The molecule has 2 N–H and O–H groups in total. The topological polar surface area (TPSA) is 26.0 Å². The highest BCUT2D eigenvalue weighted by Crippen LogP contribution is 2.45. The van der Waals surface area contributed by atoms with Crippen molar-refractivity contribution in [2.24, 2.45) is 17.1 Å². The van der Waals surface area contributed by atoms with Gasteiger partial charge in [0.2, 0.25) is 0 Å². The van der Waals surface area contributed by atoms with Crippen molar-refractivity contribution in [1.82, 2.24) is 0 Å². The normalized spacial score (nSPS) is 33.0. The van der Waals surface area contributed by atoms with Gasteiger partial charge in [-0.15, -0.1) is 0 Å². The summed E-state index contributed by atoms with van der Waals surface area (Å²) in [6.07, 6.45) is 5.82. The molecule has 1 rings (SSSR count). The maximum absolute atomic E-state index is 5.72. The van der Waals surface area contributed by atoms with Crippen LogP contribution in [0.1, 0.15) is 46.0 Å². The van der Waals surface area contributed by atoms with E-state index in [4.69, 9.17) is 5.73 Å². The van der Waals surface area contributed by atoms with Crippen LogP contribution < -0.4 is 5.73 Å². The molecule has 1 saturated carbocycles. The zero-order valence-corrected chi connectivity index (χ0v) is 9.60. The average molecular weight is 193 g/mol. The van der Waals surface area contributed by atoms with Gasteiger partial charge in [-0.2, -0.15) is 0 Å². The molecule has 1 aliphatic rings. The first-order chi connectivity index (χ1) is 6.45. The summed E-state index contributed by atoms with van der Waals surface area (Å²) < 4.78 is 0. The van der Waals surface area contributed by atoms with Crippen LogP contribution in [0.4, 0.5) is 0 Å². The third-order valence-corrected chi connectivity index (χ3v) is 3.27. The summed E-state index contributed by atoms with van der Waals surface area (Å²) in [5.74, 6) is 0.806. The monoisotopic (exact) mass is 193 g/mol. The van der Waals surface area contributed by atoms with Gasteiger partial charge in [-0.1, -0.05) is 39.0 Å². The van der Waals surface area contributed by atoms with Crippen LogP contribution in [0.5, 0.6) is 0 Å². The molecule has 1 fully saturated rings. The first-order valence-corrected chi connectivity index (χ1v) is 5.55. The summed E-state index contributed by atoms with van der Waals surface area (Å²) >= 11 is 0. The van der Waals surface area contributed by atoms with Gasteiger partial charge in [-0.05, 0) is 37.0 Å². The SMILES string of the molecule is C=C(N)CC1(C)CC(=C)CC(CC)C1. The van der Waals surface area contributed by atoms with E-state index < -0.39 is 0 Å². The maximum atomic E-state index is 5.72. The Kier molecular flexibility index (Phi) is 3.41. The van der Waals surface area contributed by atoms with Gasteiger partial charge in [0.25, 0.3) is 0 Å². The van der Waals surface area contributed by atoms with Crippen LogP contribution in [0.2, 0.25) is 0 Å².